The first-order chi connectivity index (χ1) is 6.19. The zero-order valence-corrected chi connectivity index (χ0v) is 6.93. The van der Waals surface area contributed by atoms with Crippen LogP contribution in [-0.4, -0.2) is 17.1 Å². The molecule has 0 saturated carbocycles. The summed E-state index contributed by atoms with van der Waals surface area (Å²) in [6.07, 6.45) is 0. The summed E-state index contributed by atoms with van der Waals surface area (Å²) in [6, 6.07) is 3.98. The average molecular weight is 182 g/mol. The third-order valence-corrected chi connectivity index (χ3v) is 1.56. The Balaban J connectivity index is 3.13. The van der Waals surface area contributed by atoms with Crippen LogP contribution in [0.3, 0.4) is 0 Å². The Morgan fingerprint density at radius 3 is 2.77 bits per heavy atom. The molecular formula is C8H8NO4. The van der Waals surface area contributed by atoms with E-state index in [1.165, 1.54) is 25.3 Å². The predicted molar refractivity (Wildman–Crippen MR) is 45.0 cm³/mol. The molecule has 0 aromatic heterocycles. The first kappa shape index (κ1) is 9.47. The Labute approximate surface area is 74.7 Å². The van der Waals surface area contributed by atoms with Gasteiger partial charge in [0.25, 0.3) is 5.69 Å². The van der Waals surface area contributed by atoms with Crippen LogP contribution in [0.15, 0.2) is 18.2 Å². The lowest BCUT2D eigenvalue weighted by Crippen LogP contribution is -1.93. The van der Waals surface area contributed by atoms with E-state index in [0.717, 1.165) is 6.61 Å². The lowest BCUT2D eigenvalue weighted by atomic mass is 10.2. The average Bonchev–Trinajstić information content (AvgIpc) is 2.16. The number of hydrogen-bond acceptors (Lipinski definition) is 4. The van der Waals surface area contributed by atoms with Gasteiger partial charge in [-0.2, -0.15) is 0 Å². The third kappa shape index (κ3) is 1.94. The van der Waals surface area contributed by atoms with Crippen LogP contribution in [-0.2, 0) is 0 Å². The van der Waals surface area contributed by atoms with E-state index in [4.69, 9.17) is 9.84 Å². The van der Waals surface area contributed by atoms with Crippen molar-refractivity contribution in [2.75, 3.05) is 7.11 Å². The van der Waals surface area contributed by atoms with Crippen LogP contribution < -0.4 is 4.74 Å². The van der Waals surface area contributed by atoms with Crippen molar-refractivity contribution in [1.29, 1.82) is 0 Å². The van der Waals surface area contributed by atoms with Gasteiger partial charge in [-0.15, -0.1) is 0 Å². The molecule has 1 rings (SSSR count). The summed E-state index contributed by atoms with van der Waals surface area (Å²) >= 11 is 0. The standard InChI is InChI=1S/C8H8NO4/c1-13-8-3-2-7(9(11)12)4-6(8)5-10/h2-5,10H,1H3. The Kier molecular flexibility index (Phi) is 2.81. The number of rotatable bonds is 3. The molecule has 0 aliphatic rings. The van der Waals surface area contributed by atoms with Gasteiger partial charge in [-0.25, -0.2) is 0 Å². The number of aliphatic hydroxyl groups is 1. The number of aliphatic hydroxyl groups excluding tert-OH is 1. The molecule has 0 fully saturated rings. The maximum Gasteiger partial charge on any atom is 0.270 e. The zero-order chi connectivity index (χ0) is 9.84. The Morgan fingerprint density at radius 2 is 2.31 bits per heavy atom. The third-order valence-electron chi connectivity index (χ3n) is 1.56. The molecule has 69 valence electrons. The molecule has 5 nitrogen and oxygen atoms in total. The van der Waals surface area contributed by atoms with Gasteiger partial charge in [0.2, 0.25) is 0 Å². The molecular weight excluding hydrogens is 174 g/mol. The Hall–Kier alpha value is -1.62. The Morgan fingerprint density at radius 1 is 1.62 bits per heavy atom. The van der Waals surface area contributed by atoms with E-state index >= 15 is 0 Å². The second-order valence-corrected chi connectivity index (χ2v) is 2.31. The second kappa shape index (κ2) is 3.86. The first-order valence-corrected chi connectivity index (χ1v) is 3.49. The number of hydrogen-bond donors (Lipinski definition) is 1. The van der Waals surface area contributed by atoms with Crippen molar-refractivity contribution in [2.24, 2.45) is 0 Å². The molecule has 1 aromatic carbocycles. The van der Waals surface area contributed by atoms with E-state index in [2.05, 4.69) is 0 Å². The summed E-state index contributed by atoms with van der Waals surface area (Å²) < 4.78 is 4.86. The van der Waals surface area contributed by atoms with Crippen LogP contribution in [0.2, 0.25) is 0 Å². The quantitative estimate of drug-likeness (QED) is 0.567. The summed E-state index contributed by atoms with van der Waals surface area (Å²) in [5.74, 6) is 0.396. The van der Waals surface area contributed by atoms with E-state index in [1.54, 1.807) is 0 Å². The minimum atomic E-state index is -0.535. The van der Waals surface area contributed by atoms with E-state index in [-0.39, 0.29) is 11.3 Å². The lowest BCUT2D eigenvalue weighted by molar-refractivity contribution is -0.384. The molecule has 1 N–H and O–H groups in total. The molecule has 0 spiro atoms. The molecule has 0 aliphatic carbocycles. The van der Waals surface area contributed by atoms with Gasteiger partial charge < -0.3 is 9.84 Å². The molecule has 0 atom stereocenters. The van der Waals surface area contributed by atoms with Crippen molar-refractivity contribution < 1.29 is 14.8 Å². The fraction of sp³-hybridized carbons (Fsp3) is 0.125. The van der Waals surface area contributed by atoms with Crippen LogP contribution in [0, 0.1) is 16.7 Å². The Bertz CT molecular complexity index is 324. The molecule has 13 heavy (non-hydrogen) atoms. The highest BCUT2D eigenvalue weighted by Gasteiger charge is 2.10. The van der Waals surface area contributed by atoms with Gasteiger partial charge in [-0.05, 0) is 6.07 Å². The maximum absolute atomic E-state index is 10.3. The number of nitro groups is 1. The molecule has 0 aliphatic heterocycles. The number of ether oxygens (including phenoxy) is 1. The van der Waals surface area contributed by atoms with Crippen LogP contribution in [0.1, 0.15) is 5.56 Å². The van der Waals surface area contributed by atoms with Crippen LogP contribution in [0.5, 0.6) is 5.75 Å². The minimum absolute atomic E-state index is 0.0823. The largest absolute Gasteiger partial charge is 0.496 e. The van der Waals surface area contributed by atoms with Crippen molar-refractivity contribution in [2.45, 2.75) is 0 Å². The molecule has 1 aromatic rings. The molecule has 0 saturated heterocycles. The van der Waals surface area contributed by atoms with Gasteiger partial charge in [0.15, 0.2) is 0 Å². The smallest absolute Gasteiger partial charge is 0.270 e. The first-order valence-electron chi connectivity index (χ1n) is 3.49. The second-order valence-electron chi connectivity index (χ2n) is 2.31. The fourth-order valence-corrected chi connectivity index (χ4v) is 0.936. The predicted octanol–water partition coefficient (Wildman–Crippen LogP) is 1.49. The highest BCUT2D eigenvalue weighted by atomic mass is 16.6. The SMILES string of the molecule is COc1ccc([N+](=O)[O-])cc1[CH]O. The van der Waals surface area contributed by atoms with Crippen molar-refractivity contribution in [3.05, 3.63) is 40.5 Å². The molecule has 0 unspecified atom stereocenters. The van der Waals surface area contributed by atoms with Crippen LogP contribution in [0.4, 0.5) is 5.69 Å². The number of benzene rings is 1. The van der Waals surface area contributed by atoms with Gasteiger partial charge in [0.05, 0.1) is 12.0 Å². The monoisotopic (exact) mass is 182 g/mol. The van der Waals surface area contributed by atoms with Crippen LogP contribution in [0.25, 0.3) is 0 Å². The van der Waals surface area contributed by atoms with Crippen molar-refractivity contribution in [1.82, 2.24) is 0 Å². The summed E-state index contributed by atoms with van der Waals surface area (Å²) in [7, 11) is 1.42. The molecule has 0 heterocycles. The van der Waals surface area contributed by atoms with Crippen molar-refractivity contribution >= 4 is 5.69 Å². The molecule has 1 radical (unpaired) electrons. The number of nitrogens with zero attached hydrogens (tertiary/aromatic N) is 1. The summed E-state index contributed by atoms with van der Waals surface area (Å²) in [5.41, 5.74) is 0.206. The van der Waals surface area contributed by atoms with Gasteiger partial charge >= 0.3 is 0 Å². The van der Waals surface area contributed by atoms with Crippen LogP contribution >= 0.6 is 0 Å². The number of non-ortho nitro benzene ring substituents is 1. The van der Waals surface area contributed by atoms with E-state index in [9.17, 15) is 10.1 Å². The molecule has 5 heteroatoms. The number of nitro benzene ring substituents is 1. The maximum atomic E-state index is 10.3. The van der Waals surface area contributed by atoms with Crippen molar-refractivity contribution in [3.63, 3.8) is 0 Å². The summed E-state index contributed by atoms with van der Waals surface area (Å²) in [6.45, 7) is 0.770. The minimum Gasteiger partial charge on any atom is -0.496 e. The molecule has 0 bridgehead atoms. The van der Waals surface area contributed by atoms with E-state index < -0.39 is 4.92 Å². The summed E-state index contributed by atoms with van der Waals surface area (Å²) in [4.78, 5) is 9.80. The summed E-state index contributed by atoms with van der Waals surface area (Å²) in [5, 5.41) is 19.1. The highest BCUT2D eigenvalue weighted by Crippen LogP contribution is 2.24. The topological polar surface area (TPSA) is 72.6 Å². The van der Waals surface area contributed by atoms with E-state index in [0.29, 0.717) is 5.75 Å². The lowest BCUT2D eigenvalue weighted by Gasteiger charge is -2.03. The normalized spacial score (nSPS) is 9.69. The van der Waals surface area contributed by atoms with E-state index in [1.807, 2.05) is 0 Å². The van der Waals surface area contributed by atoms with Gasteiger partial charge in [-0.3, -0.25) is 10.1 Å². The van der Waals surface area contributed by atoms with Gasteiger partial charge in [0.1, 0.15) is 12.4 Å². The molecule has 0 amide bonds. The van der Waals surface area contributed by atoms with Gasteiger partial charge in [0, 0.05) is 17.7 Å². The number of methoxy groups -OCH3 is 1. The van der Waals surface area contributed by atoms with Gasteiger partial charge in [-0.1, -0.05) is 0 Å². The van der Waals surface area contributed by atoms with Crippen molar-refractivity contribution in [3.8, 4) is 5.75 Å². The highest BCUT2D eigenvalue weighted by molar-refractivity contribution is 5.46. The fourth-order valence-electron chi connectivity index (χ4n) is 0.936. The zero-order valence-electron chi connectivity index (χ0n) is 6.93.